The molecule has 194 valence electrons. The monoisotopic (exact) mass is 495 g/mol. The normalized spacial score (nSPS) is 17.5. The standard InChI is InChI=1S/C29H37NO6/c1-7-15-36-21-11-8-10-19(17-21)25-24(27(32)28(33)30(25)14-9-16-34-5)26(31)22-18-20(29(2,3)4)12-13-23(22)35-6/h8,10-13,17-18,25,31H,7,9,14-16H2,1-6H3/b26-24+. The Hall–Kier alpha value is -3.32. The summed E-state index contributed by atoms with van der Waals surface area (Å²) >= 11 is 0. The maximum atomic E-state index is 13.4. The number of ketones is 1. The fourth-order valence-corrected chi connectivity index (χ4v) is 4.34. The highest BCUT2D eigenvalue weighted by molar-refractivity contribution is 6.46. The van der Waals surface area contributed by atoms with Crippen molar-refractivity contribution < 1.29 is 28.9 Å². The Morgan fingerprint density at radius 2 is 1.81 bits per heavy atom. The van der Waals surface area contributed by atoms with Crippen molar-refractivity contribution in [1.29, 1.82) is 0 Å². The molecule has 0 aromatic heterocycles. The highest BCUT2D eigenvalue weighted by atomic mass is 16.5. The van der Waals surface area contributed by atoms with Crippen LogP contribution in [0.25, 0.3) is 5.76 Å². The number of Topliss-reactive ketones (excluding diaryl/α,β-unsaturated/α-hetero) is 1. The van der Waals surface area contributed by atoms with Crippen LogP contribution in [0.5, 0.6) is 11.5 Å². The van der Waals surface area contributed by atoms with Gasteiger partial charge in [0.15, 0.2) is 0 Å². The molecule has 1 amide bonds. The van der Waals surface area contributed by atoms with Crippen molar-refractivity contribution in [2.45, 2.75) is 52.0 Å². The Morgan fingerprint density at radius 1 is 1.06 bits per heavy atom. The molecule has 0 saturated carbocycles. The van der Waals surface area contributed by atoms with Crippen LogP contribution < -0.4 is 9.47 Å². The van der Waals surface area contributed by atoms with E-state index in [0.717, 1.165) is 12.0 Å². The first-order valence-electron chi connectivity index (χ1n) is 12.3. The van der Waals surface area contributed by atoms with E-state index in [0.29, 0.717) is 48.8 Å². The average molecular weight is 496 g/mol. The molecule has 0 aliphatic carbocycles. The second-order valence-electron chi connectivity index (χ2n) is 9.92. The molecule has 1 fully saturated rings. The summed E-state index contributed by atoms with van der Waals surface area (Å²) in [6, 6.07) is 12.1. The number of hydrogen-bond acceptors (Lipinski definition) is 6. The van der Waals surface area contributed by atoms with Gasteiger partial charge in [0.25, 0.3) is 11.7 Å². The molecule has 3 rings (SSSR count). The summed E-state index contributed by atoms with van der Waals surface area (Å²) < 4.78 is 16.5. The van der Waals surface area contributed by atoms with Crippen molar-refractivity contribution in [3.05, 3.63) is 64.7 Å². The Labute approximate surface area is 213 Å². The van der Waals surface area contributed by atoms with Gasteiger partial charge in [-0.3, -0.25) is 9.59 Å². The van der Waals surface area contributed by atoms with Crippen molar-refractivity contribution in [1.82, 2.24) is 4.90 Å². The molecular formula is C29H37NO6. The number of carbonyl (C=O) groups excluding carboxylic acids is 2. The van der Waals surface area contributed by atoms with E-state index in [1.165, 1.54) is 12.0 Å². The van der Waals surface area contributed by atoms with Crippen LogP contribution in [0.1, 0.15) is 63.3 Å². The van der Waals surface area contributed by atoms with Gasteiger partial charge in [-0.05, 0) is 53.6 Å². The van der Waals surface area contributed by atoms with Crippen LogP contribution in [0.2, 0.25) is 0 Å². The van der Waals surface area contributed by atoms with Gasteiger partial charge in [0.1, 0.15) is 17.3 Å². The minimum Gasteiger partial charge on any atom is -0.507 e. The van der Waals surface area contributed by atoms with Crippen molar-refractivity contribution in [2.75, 3.05) is 34.0 Å². The summed E-state index contributed by atoms with van der Waals surface area (Å²) in [6.45, 7) is 9.51. The maximum absolute atomic E-state index is 13.4. The number of hydrogen-bond donors (Lipinski definition) is 1. The number of benzene rings is 2. The summed E-state index contributed by atoms with van der Waals surface area (Å²) in [5.74, 6) is -0.564. The molecule has 2 aromatic carbocycles. The second-order valence-corrected chi connectivity index (χ2v) is 9.92. The van der Waals surface area contributed by atoms with Gasteiger partial charge in [-0.25, -0.2) is 0 Å². The number of rotatable bonds is 10. The first kappa shape index (κ1) is 27.3. The largest absolute Gasteiger partial charge is 0.507 e. The predicted molar refractivity (Wildman–Crippen MR) is 139 cm³/mol. The lowest BCUT2D eigenvalue weighted by atomic mass is 9.85. The smallest absolute Gasteiger partial charge is 0.295 e. The number of amides is 1. The molecule has 1 N–H and O–H groups in total. The average Bonchev–Trinajstić information content (AvgIpc) is 3.11. The molecule has 1 aliphatic rings. The van der Waals surface area contributed by atoms with Crippen molar-refractivity contribution in [2.24, 2.45) is 0 Å². The third-order valence-electron chi connectivity index (χ3n) is 6.25. The number of methoxy groups -OCH3 is 2. The van der Waals surface area contributed by atoms with Crippen molar-refractivity contribution >= 4 is 17.4 Å². The number of nitrogens with zero attached hydrogens (tertiary/aromatic N) is 1. The van der Waals surface area contributed by atoms with Gasteiger partial charge in [0.05, 0.1) is 30.9 Å². The lowest BCUT2D eigenvalue weighted by molar-refractivity contribution is -0.140. The summed E-state index contributed by atoms with van der Waals surface area (Å²) in [5.41, 5.74) is 1.87. The predicted octanol–water partition coefficient (Wildman–Crippen LogP) is 5.24. The topological polar surface area (TPSA) is 85.3 Å². The van der Waals surface area contributed by atoms with Gasteiger partial charge in [-0.1, -0.05) is 45.9 Å². The first-order chi connectivity index (χ1) is 17.1. The second kappa shape index (κ2) is 11.6. The Morgan fingerprint density at radius 3 is 2.44 bits per heavy atom. The van der Waals surface area contributed by atoms with E-state index in [-0.39, 0.29) is 16.7 Å². The minimum atomic E-state index is -0.768. The minimum absolute atomic E-state index is 0.0365. The molecule has 1 aliphatic heterocycles. The fraction of sp³-hybridized carbons (Fsp3) is 0.448. The molecule has 1 saturated heterocycles. The Kier molecular flexibility index (Phi) is 8.79. The molecule has 7 nitrogen and oxygen atoms in total. The van der Waals surface area contributed by atoms with Crippen LogP contribution in [-0.2, 0) is 19.7 Å². The van der Waals surface area contributed by atoms with Crippen LogP contribution in [0.15, 0.2) is 48.0 Å². The van der Waals surface area contributed by atoms with Gasteiger partial charge in [-0.15, -0.1) is 0 Å². The number of aliphatic hydroxyl groups is 1. The zero-order valence-electron chi connectivity index (χ0n) is 22.1. The lowest BCUT2D eigenvalue weighted by Crippen LogP contribution is -2.31. The Bertz CT molecular complexity index is 1130. The quantitative estimate of drug-likeness (QED) is 0.210. The zero-order chi connectivity index (χ0) is 26.5. The summed E-state index contributed by atoms with van der Waals surface area (Å²) in [7, 11) is 3.10. The molecule has 0 spiro atoms. The number of aliphatic hydroxyl groups excluding tert-OH is 1. The van der Waals surface area contributed by atoms with Crippen molar-refractivity contribution in [3.8, 4) is 11.5 Å². The van der Waals surface area contributed by atoms with E-state index in [1.54, 1.807) is 13.2 Å². The first-order valence-corrected chi connectivity index (χ1v) is 12.3. The molecule has 7 heteroatoms. The van der Waals surface area contributed by atoms with E-state index in [9.17, 15) is 14.7 Å². The number of likely N-dealkylation sites (tertiary alicyclic amines) is 1. The summed E-state index contributed by atoms with van der Waals surface area (Å²) in [6.07, 6.45) is 1.40. The van der Waals surface area contributed by atoms with Gasteiger partial charge < -0.3 is 24.2 Å². The SMILES string of the molecule is CCCOc1cccc(C2/C(=C(\O)c3cc(C(C)(C)C)ccc3OC)C(=O)C(=O)N2CCCOC)c1. The van der Waals surface area contributed by atoms with Crippen molar-refractivity contribution in [3.63, 3.8) is 0 Å². The van der Waals surface area contributed by atoms with Gasteiger partial charge in [0.2, 0.25) is 0 Å². The van der Waals surface area contributed by atoms with E-state index in [2.05, 4.69) is 20.8 Å². The number of carbonyl (C=O) groups is 2. The van der Waals surface area contributed by atoms with Crippen LogP contribution in [0, 0.1) is 0 Å². The third kappa shape index (κ3) is 5.73. The zero-order valence-corrected chi connectivity index (χ0v) is 22.1. The fourth-order valence-electron chi connectivity index (χ4n) is 4.34. The molecule has 1 unspecified atom stereocenters. The highest BCUT2D eigenvalue weighted by Gasteiger charge is 2.46. The molecule has 36 heavy (non-hydrogen) atoms. The van der Waals surface area contributed by atoms with E-state index in [4.69, 9.17) is 14.2 Å². The Balaban J connectivity index is 2.21. The van der Waals surface area contributed by atoms with Crippen LogP contribution in [0.4, 0.5) is 0 Å². The molecular weight excluding hydrogens is 458 g/mol. The third-order valence-corrected chi connectivity index (χ3v) is 6.25. The van der Waals surface area contributed by atoms with Gasteiger partial charge >= 0.3 is 0 Å². The maximum Gasteiger partial charge on any atom is 0.295 e. The molecule has 1 atom stereocenters. The molecule has 2 aromatic rings. The molecule has 0 bridgehead atoms. The molecule has 1 heterocycles. The van der Waals surface area contributed by atoms with Crippen LogP contribution >= 0.6 is 0 Å². The van der Waals surface area contributed by atoms with E-state index >= 15 is 0 Å². The van der Waals surface area contributed by atoms with E-state index in [1.807, 2.05) is 43.3 Å². The lowest BCUT2D eigenvalue weighted by Gasteiger charge is -2.26. The summed E-state index contributed by atoms with van der Waals surface area (Å²) in [5, 5.41) is 11.6. The van der Waals surface area contributed by atoms with E-state index < -0.39 is 17.7 Å². The highest BCUT2D eigenvalue weighted by Crippen LogP contribution is 2.42. The van der Waals surface area contributed by atoms with Crippen LogP contribution in [0.3, 0.4) is 0 Å². The number of ether oxygens (including phenoxy) is 3. The van der Waals surface area contributed by atoms with Crippen LogP contribution in [-0.4, -0.2) is 55.7 Å². The van der Waals surface area contributed by atoms with Gasteiger partial charge in [0, 0.05) is 20.3 Å². The van der Waals surface area contributed by atoms with Gasteiger partial charge in [-0.2, -0.15) is 0 Å². The summed E-state index contributed by atoms with van der Waals surface area (Å²) in [4.78, 5) is 28.1. The molecule has 0 radical (unpaired) electrons.